The van der Waals surface area contributed by atoms with Crippen molar-refractivity contribution in [3.8, 4) is 0 Å². The van der Waals surface area contributed by atoms with Crippen LogP contribution in [0.25, 0.3) is 0 Å². The van der Waals surface area contributed by atoms with Crippen molar-refractivity contribution in [1.29, 1.82) is 0 Å². The van der Waals surface area contributed by atoms with Crippen LogP contribution in [-0.4, -0.2) is 23.4 Å². The Morgan fingerprint density at radius 3 is 2.00 bits per heavy atom. The van der Waals surface area contributed by atoms with Crippen molar-refractivity contribution >= 4 is 5.91 Å². The molecule has 0 spiro atoms. The summed E-state index contributed by atoms with van der Waals surface area (Å²) in [4.78, 5) is 12.6. The molecule has 0 aromatic carbocycles. The minimum absolute atomic E-state index is 0.00579. The molecule has 0 aromatic rings. The molecule has 0 aromatic heterocycles. The Hall–Kier alpha value is -0.530. The van der Waals surface area contributed by atoms with E-state index >= 15 is 0 Å². The molecule has 1 amide bonds. The summed E-state index contributed by atoms with van der Waals surface area (Å²) in [6, 6.07) is 0. The van der Waals surface area contributed by atoms with E-state index in [-0.39, 0.29) is 11.4 Å². The molecule has 0 saturated carbocycles. The Morgan fingerprint density at radius 1 is 1.50 bits per heavy atom. The molecule has 0 heterocycles. The lowest BCUT2D eigenvalue weighted by Crippen LogP contribution is -2.43. The van der Waals surface area contributed by atoms with E-state index in [1.807, 2.05) is 7.05 Å². The minimum atomic E-state index is 0.00579. The topological polar surface area (TPSA) is 20.3 Å². The van der Waals surface area contributed by atoms with Crippen LogP contribution >= 0.6 is 0 Å². The van der Waals surface area contributed by atoms with Crippen molar-refractivity contribution in [3.63, 3.8) is 0 Å². The maximum atomic E-state index is 10.9. The predicted octanol–water partition coefficient (Wildman–Crippen LogP) is 1.65. The zero-order valence-electron chi connectivity index (χ0n) is 7.56. The van der Waals surface area contributed by atoms with Gasteiger partial charge in [0.2, 0.25) is 5.91 Å². The van der Waals surface area contributed by atoms with Gasteiger partial charge in [-0.15, -0.1) is 0 Å². The van der Waals surface area contributed by atoms with Crippen LogP contribution in [-0.2, 0) is 4.79 Å². The Morgan fingerprint density at radius 2 is 1.90 bits per heavy atom. The molecule has 10 heavy (non-hydrogen) atoms. The van der Waals surface area contributed by atoms with E-state index in [2.05, 4.69) is 20.8 Å². The average Bonchev–Trinajstić information content (AvgIpc) is 1.86. The van der Waals surface area contributed by atoms with Gasteiger partial charge in [0.25, 0.3) is 0 Å². The first-order valence-electron chi connectivity index (χ1n) is 3.66. The fraction of sp³-hybridized carbons (Fsp3) is 0.875. The fourth-order valence-electron chi connectivity index (χ4n) is 0.663. The molecule has 0 N–H and O–H groups in total. The van der Waals surface area contributed by atoms with Crippen LogP contribution < -0.4 is 0 Å². The number of nitrogens with zero attached hydrogens (tertiary/aromatic N) is 1. The molecule has 0 aliphatic carbocycles. The van der Waals surface area contributed by atoms with Gasteiger partial charge in [0, 0.05) is 19.5 Å². The minimum Gasteiger partial charge on any atom is -0.341 e. The van der Waals surface area contributed by atoms with Gasteiger partial charge in [-0.1, -0.05) is 6.92 Å². The number of rotatable bonds is 2. The molecular formula is C8H17NO. The SMILES string of the molecule is CCC(C)(C)N(C)C(C)=O. The summed E-state index contributed by atoms with van der Waals surface area (Å²) < 4.78 is 0. The summed E-state index contributed by atoms with van der Waals surface area (Å²) >= 11 is 0. The van der Waals surface area contributed by atoms with Crippen LogP contribution in [0.15, 0.2) is 0 Å². The zero-order valence-corrected chi connectivity index (χ0v) is 7.56. The van der Waals surface area contributed by atoms with Gasteiger partial charge in [0.05, 0.1) is 0 Å². The number of hydrogen-bond donors (Lipinski definition) is 0. The first-order chi connectivity index (χ1) is 4.41. The van der Waals surface area contributed by atoms with Gasteiger partial charge in [-0.2, -0.15) is 0 Å². The van der Waals surface area contributed by atoms with Gasteiger partial charge in [0.1, 0.15) is 0 Å². The van der Waals surface area contributed by atoms with Crippen LogP contribution in [0.5, 0.6) is 0 Å². The normalized spacial score (nSPS) is 11.3. The van der Waals surface area contributed by atoms with Crippen LogP contribution in [0.4, 0.5) is 0 Å². The third kappa shape index (κ3) is 2.01. The van der Waals surface area contributed by atoms with E-state index < -0.39 is 0 Å². The van der Waals surface area contributed by atoms with Crippen LogP contribution in [0.3, 0.4) is 0 Å². The summed E-state index contributed by atoms with van der Waals surface area (Å²) in [5.41, 5.74) is 0.00579. The maximum Gasteiger partial charge on any atom is 0.219 e. The van der Waals surface area contributed by atoms with Crippen molar-refractivity contribution in [2.45, 2.75) is 39.7 Å². The Balaban J connectivity index is 4.17. The molecular weight excluding hydrogens is 126 g/mol. The van der Waals surface area contributed by atoms with E-state index in [0.717, 1.165) is 6.42 Å². The van der Waals surface area contributed by atoms with Crippen molar-refractivity contribution in [2.24, 2.45) is 0 Å². The third-order valence-corrected chi connectivity index (χ3v) is 2.25. The van der Waals surface area contributed by atoms with Crippen LogP contribution in [0, 0.1) is 0 Å². The van der Waals surface area contributed by atoms with Crippen LogP contribution in [0.2, 0.25) is 0 Å². The third-order valence-electron chi connectivity index (χ3n) is 2.25. The van der Waals surface area contributed by atoms with E-state index in [1.54, 1.807) is 11.8 Å². The largest absolute Gasteiger partial charge is 0.341 e. The molecule has 0 atom stereocenters. The zero-order chi connectivity index (χ0) is 8.36. The molecule has 2 nitrogen and oxygen atoms in total. The molecule has 0 saturated heterocycles. The summed E-state index contributed by atoms with van der Waals surface area (Å²) in [5.74, 6) is 0.131. The first-order valence-corrected chi connectivity index (χ1v) is 3.66. The molecule has 0 bridgehead atoms. The van der Waals surface area contributed by atoms with Crippen molar-refractivity contribution in [3.05, 3.63) is 0 Å². The number of amides is 1. The van der Waals surface area contributed by atoms with E-state index in [0.29, 0.717) is 0 Å². The molecule has 0 unspecified atom stereocenters. The lowest BCUT2D eigenvalue weighted by molar-refractivity contribution is -0.132. The number of carbonyl (C=O) groups excluding carboxylic acids is 1. The lowest BCUT2D eigenvalue weighted by atomic mass is 10.0. The summed E-state index contributed by atoms with van der Waals surface area (Å²) in [6.45, 7) is 7.81. The monoisotopic (exact) mass is 143 g/mol. The van der Waals surface area contributed by atoms with Crippen molar-refractivity contribution < 1.29 is 4.79 Å². The predicted molar refractivity (Wildman–Crippen MR) is 42.8 cm³/mol. The Bertz CT molecular complexity index is 129. The summed E-state index contributed by atoms with van der Waals surface area (Å²) in [6.07, 6.45) is 0.989. The number of carbonyl (C=O) groups is 1. The highest BCUT2D eigenvalue weighted by Gasteiger charge is 2.22. The highest BCUT2D eigenvalue weighted by atomic mass is 16.2. The second-order valence-corrected chi connectivity index (χ2v) is 3.24. The second-order valence-electron chi connectivity index (χ2n) is 3.24. The molecule has 0 fully saturated rings. The molecule has 0 radical (unpaired) electrons. The first kappa shape index (κ1) is 9.47. The molecule has 0 aliphatic heterocycles. The van der Waals surface area contributed by atoms with E-state index in [4.69, 9.17) is 0 Å². The standard InChI is InChI=1S/C8H17NO/c1-6-8(3,4)9(5)7(2)10/h6H2,1-5H3. The second kappa shape index (κ2) is 3.04. The van der Waals surface area contributed by atoms with E-state index in [9.17, 15) is 4.79 Å². The number of hydrogen-bond acceptors (Lipinski definition) is 1. The highest BCUT2D eigenvalue weighted by Crippen LogP contribution is 2.15. The van der Waals surface area contributed by atoms with Gasteiger partial charge in [-0.25, -0.2) is 0 Å². The van der Waals surface area contributed by atoms with Gasteiger partial charge >= 0.3 is 0 Å². The van der Waals surface area contributed by atoms with Crippen LogP contribution in [0.1, 0.15) is 34.1 Å². The maximum absolute atomic E-state index is 10.9. The highest BCUT2D eigenvalue weighted by molar-refractivity contribution is 5.73. The Labute approximate surface area is 63.2 Å². The lowest BCUT2D eigenvalue weighted by Gasteiger charge is -2.33. The average molecular weight is 143 g/mol. The van der Waals surface area contributed by atoms with Crippen molar-refractivity contribution in [2.75, 3.05) is 7.05 Å². The van der Waals surface area contributed by atoms with Gasteiger partial charge in [-0.3, -0.25) is 4.79 Å². The van der Waals surface area contributed by atoms with Gasteiger partial charge < -0.3 is 4.90 Å². The molecule has 2 heteroatoms. The molecule has 0 aliphatic rings. The van der Waals surface area contributed by atoms with Gasteiger partial charge in [-0.05, 0) is 20.3 Å². The quantitative estimate of drug-likeness (QED) is 0.575. The molecule has 0 rings (SSSR count). The van der Waals surface area contributed by atoms with Gasteiger partial charge in [0.15, 0.2) is 0 Å². The Kier molecular flexibility index (Phi) is 2.88. The molecule has 60 valence electrons. The smallest absolute Gasteiger partial charge is 0.219 e. The summed E-state index contributed by atoms with van der Waals surface area (Å²) in [5, 5.41) is 0. The summed E-state index contributed by atoms with van der Waals surface area (Å²) in [7, 11) is 1.84. The van der Waals surface area contributed by atoms with Crippen molar-refractivity contribution in [1.82, 2.24) is 4.90 Å². The fourth-order valence-corrected chi connectivity index (χ4v) is 0.663. The van der Waals surface area contributed by atoms with E-state index in [1.165, 1.54) is 0 Å².